The van der Waals surface area contributed by atoms with E-state index < -0.39 is 0 Å². The third-order valence-corrected chi connectivity index (χ3v) is 5.74. The standard InChI is InChI=1S/C15H19N5O3S/c21-8-7-18-3-5-19(6-4-18)12(11-2-1-9-23-11)13-14(22)20-15(24-13)16-10-17-20/h1-2,9-10,12-13,21H,3-8H2. The zero-order chi connectivity index (χ0) is 16.5. The number of fused-ring (bicyclic) bond motifs is 1. The van der Waals surface area contributed by atoms with Crippen molar-refractivity contribution in [1.29, 1.82) is 0 Å². The number of aliphatic hydroxyl groups excluding tert-OH is 1. The topological polar surface area (TPSA) is 87.6 Å². The fourth-order valence-corrected chi connectivity index (χ4v) is 4.54. The molecule has 2 aliphatic heterocycles. The molecule has 4 rings (SSSR count). The van der Waals surface area contributed by atoms with Gasteiger partial charge < -0.3 is 9.52 Å². The van der Waals surface area contributed by atoms with E-state index in [1.54, 1.807) is 6.26 Å². The Hall–Kier alpha value is -1.68. The fraction of sp³-hybridized carbons (Fsp3) is 0.533. The number of nitrogens with zero attached hydrogens (tertiary/aromatic N) is 5. The number of β-amino-alcohol motifs (C(OH)–C–C–N with tert-alkyl or cyclic N) is 1. The molecular weight excluding hydrogens is 330 g/mol. The minimum Gasteiger partial charge on any atom is -0.468 e. The highest BCUT2D eigenvalue weighted by atomic mass is 32.2. The molecule has 1 saturated heterocycles. The molecular formula is C15H19N5O3S. The van der Waals surface area contributed by atoms with Crippen molar-refractivity contribution in [2.75, 3.05) is 39.3 Å². The van der Waals surface area contributed by atoms with Gasteiger partial charge in [-0.1, -0.05) is 11.8 Å². The minimum atomic E-state index is -0.309. The molecule has 2 aliphatic rings. The number of carbonyl (C=O) groups excluding carboxylic acids is 1. The van der Waals surface area contributed by atoms with E-state index in [0.29, 0.717) is 11.7 Å². The monoisotopic (exact) mass is 349 g/mol. The van der Waals surface area contributed by atoms with E-state index in [-0.39, 0.29) is 23.8 Å². The number of hydrogen-bond donors (Lipinski definition) is 1. The molecule has 8 nitrogen and oxygen atoms in total. The van der Waals surface area contributed by atoms with Gasteiger partial charge in [0.25, 0.3) is 5.91 Å². The van der Waals surface area contributed by atoms with Crippen LogP contribution in [-0.4, -0.2) is 80.2 Å². The fourth-order valence-electron chi connectivity index (χ4n) is 3.33. The molecule has 128 valence electrons. The number of hydrogen-bond acceptors (Lipinski definition) is 8. The van der Waals surface area contributed by atoms with E-state index in [9.17, 15) is 4.79 Å². The van der Waals surface area contributed by atoms with Gasteiger partial charge in [0.1, 0.15) is 17.3 Å². The largest absolute Gasteiger partial charge is 0.468 e. The van der Waals surface area contributed by atoms with Gasteiger partial charge in [0, 0.05) is 32.7 Å². The summed E-state index contributed by atoms with van der Waals surface area (Å²) in [6.07, 6.45) is 3.05. The van der Waals surface area contributed by atoms with Crippen molar-refractivity contribution < 1.29 is 14.3 Å². The molecule has 0 aromatic carbocycles. The molecule has 9 heteroatoms. The maximum atomic E-state index is 12.7. The molecule has 2 unspecified atom stereocenters. The first kappa shape index (κ1) is 15.8. The molecule has 4 heterocycles. The van der Waals surface area contributed by atoms with Crippen LogP contribution in [-0.2, 0) is 0 Å². The molecule has 0 radical (unpaired) electrons. The molecule has 1 fully saturated rings. The molecule has 1 N–H and O–H groups in total. The zero-order valence-corrected chi connectivity index (χ0v) is 13.9. The van der Waals surface area contributed by atoms with E-state index in [2.05, 4.69) is 19.9 Å². The van der Waals surface area contributed by atoms with Crippen molar-refractivity contribution in [3.63, 3.8) is 0 Å². The van der Waals surface area contributed by atoms with E-state index in [4.69, 9.17) is 9.52 Å². The second-order valence-corrected chi connectivity index (χ2v) is 7.00. The smallest absolute Gasteiger partial charge is 0.265 e. The quantitative estimate of drug-likeness (QED) is 0.827. The lowest BCUT2D eigenvalue weighted by molar-refractivity contribution is 0.0638. The Kier molecular flexibility index (Phi) is 4.40. The average Bonchev–Trinajstić information content (AvgIpc) is 3.31. The molecule has 0 bridgehead atoms. The maximum absolute atomic E-state index is 12.7. The van der Waals surface area contributed by atoms with E-state index in [1.807, 2.05) is 12.1 Å². The van der Waals surface area contributed by atoms with Crippen LogP contribution >= 0.6 is 11.8 Å². The zero-order valence-electron chi connectivity index (χ0n) is 13.1. The van der Waals surface area contributed by atoms with Crippen LogP contribution in [0.1, 0.15) is 16.6 Å². The number of piperazine rings is 1. The van der Waals surface area contributed by atoms with Crippen LogP contribution in [0.3, 0.4) is 0 Å². The van der Waals surface area contributed by atoms with Gasteiger partial charge in [-0.3, -0.25) is 14.6 Å². The van der Waals surface area contributed by atoms with Gasteiger partial charge in [-0.25, -0.2) is 4.98 Å². The number of aliphatic hydroxyl groups is 1. The maximum Gasteiger partial charge on any atom is 0.265 e. The average molecular weight is 349 g/mol. The van der Waals surface area contributed by atoms with Crippen LogP contribution in [0.25, 0.3) is 0 Å². The van der Waals surface area contributed by atoms with Crippen LogP contribution in [0.5, 0.6) is 0 Å². The van der Waals surface area contributed by atoms with E-state index >= 15 is 0 Å². The van der Waals surface area contributed by atoms with Crippen molar-refractivity contribution in [1.82, 2.24) is 24.6 Å². The van der Waals surface area contributed by atoms with Crippen molar-refractivity contribution in [3.05, 3.63) is 30.5 Å². The molecule has 2 aromatic rings. The summed E-state index contributed by atoms with van der Waals surface area (Å²) in [6, 6.07) is 3.63. The first-order valence-electron chi connectivity index (χ1n) is 7.99. The lowest BCUT2D eigenvalue weighted by Crippen LogP contribution is -2.50. The van der Waals surface area contributed by atoms with Gasteiger partial charge in [-0.2, -0.15) is 9.78 Å². The number of furan rings is 1. The molecule has 2 aromatic heterocycles. The number of carbonyl (C=O) groups is 1. The first-order valence-corrected chi connectivity index (χ1v) is 8.87. The molecule has 24 heavy (non-hydrogen) atoms. The normalized spacial score (nSPS) is 23.5. The number of rotatable bonds is 5. The summed E-state index contributed by atoms with van der Waals surface area (Å²) in [4.78, 5) is 21.4. The SMILES string of the molecule is O=C1C(C(c2ccco2)N2CCN(CCO)CC2)Sc2ncnn21. The summed E-state index contributed by atoms with van der Waals surface area (Å²) in [5.74, 6) is 0.744. The Labute approximate surface area is 143 Å². The summed E-state index contributed by atoms with van der Waals surface area (Å²) >= 11 is 1.45. The molecule has 0 saturated carbocycles. The minimum absolute atomic E-state index is 0.0494. The first-order chi connectivity index (χ1) is 11.8. The molecule has 0 aliphatic carbocycles. The Morgan fingerprint density at radius 3 is 2.88 bits per heavy atom. The summed E-state index contributed by atoms with van der Waals surface area (Å²) in [7, 11) is 0. The molecule has 0 spiro atoms. The van der Waals surface area contributed by atoms with Crippen LogP contribution < -0.4 is 0 Å². The Morgan fingerprint density at radius 1 is 1.38 bits per heavy atom. The van der Waals surface area contributed by atoms with Crippen LogP contribution in [0.15, 0.2) is 34.3 Å². The van der Waals surface area contributed by atoms with Crippen molar-refractivity contribution in [3.8, 4) is 0 Å². The number of aromatic nitrogens is 3. The van der Waals surface area contributed by atoms with Crippen LogP contribution in [0, 0.1) is 0 Å². The molecule has 2 atom stereocenters. The van der Waals surface area contributed by atoms with Crippen molar-refractivity contribution in [2.45, 2.75) is 16.4 Å². The van der Waals surface area contributed by atoms with Gasteiger partial charge in [-0.05, 0) is 12.1 Å². The van der Waals surface area contributed by atoms with Crippen molar-refractivity contribution >= 4 is 17.7 Å². The highest BCUT2D eigenvalue weighted by Gasteiger charge is 2.44. The third kappa shape index (κ3) is 2.77. The Morgan fingerprint density at radius 2 is 2.21 bits per heavy atom. The van der Waals surface area contributed by atoms with E-state index in [0.717, 1.165) is 31.9 Å². The van der Waals surface area contributed by atoms with E-state index in [1.165, 1.54) is 22.8 Å². The second-order valence-electron chi connectivity index (χ2n) is 5.89. The summed E-state index contributed by atoms with van der Waals surface area (Å²) in [5, 5.41) is 13.4. The highest BCUT2D eigenvalue weighted by molar-refractivity contribution is 8.00. The van der Waals surface area contributed by atoms with Gasteiger partial charge >= 0.3 is 0 Å². The van der Waals surface area contributed by atoms with Gasteiger partial charge in [0.15, 0.2) is 5.16 Å². The summed E-state index contributed by atoms with van der Waals surface area (Å²) in [6.45, 7) is 4.25. The van der Waals surface area contributed by atoms with Gasteiger partial charge in [0.05, 0.1) is 18.9 Å². The summed E-state index contributed by atoms with van der Waals surface area (Å²) < 4.78 is 7.03. The van der Waals surface area contributed by atoms with Gasteiger partial charge in [0.2, 0.25) is 0 Å². The number of thioether (sulfide) groups is 1. The third-order valence-electron chi connectivity index (χ3n) is 4.54. The lowest BCUT2D eigenvalue weighted by atomic mass is 10.1. The van der Waals surface area contributed by atoms with Crippen LogP contribution in [0.4, 0.5) is 0 Å². The highest BCUT2D eigenvalue weighted by Crippen LogP contribution is 2.40. The Bertz CT molecular complexity index is 696. The lowest BCUT2D eigenvalue weighted by Gasteiger charge is -2.39. The predicted octanol–water partition coefficient (Wildman–Crippen LogP) is 0.337. The Balaban J connectivity index is 1.56. The molecule has 0 amide bonds. The second kappa shape index (κ2) is 6.67. The van der Waals surface area contributed by atoms with Crippen LogP contribution in [0.2, 0.25) is 0 Å². The predicted molar refractivity (Wildman–Crippen MR) is 86.8 cm³/mol. The van der Waals surface area contributed by atoms with Crippen molar-refractivity contribution in [2.24, 2.45) is 0 Å². The van der Waals surface area contributed by atoms with Gasteiger partial charge in [-0.15, -0.1) is 0 Å². The summed E-state index contributed by atoms with van der Waals surface area (Å²) in [5.41, 5.74) is 0.